The number of carboxylic acids is 1. The molecule has 1 aliphatic carbocycles. The van der Waals surface area contributed by atoms with Crippen LogP contribution in [0.1, 0.15) is 19.3 Å². The molecular weight excluding hydrogens is 283 g/mol. The Morgan fingerprint density at radius 1 is 1.26 bits per heavy atom. The van der Waals surface area contributed by atoms with Gasteiger partial charge in [0.15, 0.2) is 0 Å². The maximum atomic E-state index is 12.7. The Hall–Kier alpha value is -0.680. The summed E-state index contributed by atoms with van der Waals surface area (Å²) in [6, 6.07) is 6.53. The van der Waals surface area contributed by atoms with Crippen molar-refractivity contribution in [1.82, 2.24) is 0 Å². The van der Waals surface area contributed by atoms with Crippen molar-refractivity contribution < 1.29 is 14.3 Å². The van der Waals surface area contributed by atoms with Gasteiger partial charge in [-0.2, -0.15) is 11.8 Å². The first-order valence-corrected chi connectivity index (χ1v) is 8.42. The molecule has 0 saturated heterocycles. The maximum Gasteiger partial charge on any atom is 0.303 e. The molecule has 1 aliphatic rings. The van der Waals surface area contributed by atoms with Crippen LogP contribution >= 0.6 is 23.5 Å². The van der Waals surface area contributed by atoms with Crippen LogP contribution in [-0.2, 0) is 4.79 Å². The number of halogens is 1. The molecule has 5 heteroatoms. The van der Waals surface area contributed by atoms with Crippen LogP contribution < -0.4 is 0 Å². The molecule has 0 heterocycles. The molecule has 1 saturated carbocycles. The molecule has 0 atom stereocenters. The number of carboxylic acid groups (broad SMARTS) is 1. The monoisotopic (exact) mass is 300 g/mol. The molecule has 2 nitrogen and oxygen atoms in total. The van der Waals surface area contributed by atoms with Crippen molar-refractivity contribution in [3.8, 4) is 0 Å². The van der Waals surface area contributed by atoms with Crippen LogP contribution in [0.4, 0.5) is 4.39 Å². The second kappa shape index (κ2) is 6.66. The van der Waals surface area contributed by atoms with E-state index in [0.717, 1.165) is 35.0 Å². The largest absolute Gasteiger partial charge is 0.481 e. The molecule has 1 aromatic rings. The summed E-state index contributed by atoms with van der Waals surface area (Å²) in [6.45, 7) is 0. The second-order valence-electron chi connectivity index (χ2n) is 4.93. The molecule has 0 radical (unpaired) electrons. The van der Waals surface area contributed by atoms with Crippen molar-refractivity contribution >= 4 is 29.5 Å². The molecule has 0 aromatic heterocycles. The van der Waals surface area contributed by atoms with Gasteiger partial charge >= 0.3 is 5.97 Å². The van der Waals surface area contributed by atoms with E-state index in [-0.39, 0.29) is 11.2 Å². The predicted octanol–water partition coefficient (Wildman–Crippen LogP) is 3.91. The first kappa shape index (κ1) is 14.7. The summed E-state index contributed by atoms with van der Waals surface area (Å²) in [6.07, 6.45) is 2.42. The van der Waals surface area contributed by atoms with Crippen molar-refractivity contribution in [1.29, 1.82) is 0 Å². The van der Waals surface area contributed by atoms with E-state index in [1.165, 1.54) is 12.1 Å². The minimum absolute atomic E-state index is 0.0804. The lowest BCUT2D eigenvalue weighted by Gasteiger charge is -2.11. The molecular formula is C14H17FO2S2. The highest BCUT2D eigenvalue weighted by molar-refractivity contribution is 8.03. The van der Waals surface area contributed by atoms with Crippen LogP contribution in [0.2, 0.25) is 0 Å². The van der Waals surface area contributed by atoms with Gasteiger partial charge < -0.3 is 5.11 Å². The maximum absolute atomic E-state index is 12.7. The van der Waals surface area contributed by atoms with Crippen molar-refractivity contribution in [2.24, 2.45) is 5.41 Å². The molecule has 2 rings (SSSR count). The fraction of sp³-hybridized carbons (Fsp3) is 0.500. The van der Waals surface area contributed by atoms with Gasteiger partial charge in [0.2, 0.25) is 0 Å². The minimum atomic E-state index is -0.682. The van der Waals surface area contributed by atoms with Crippen LogP contribution in [0.15, 0.2) is 29.2 Å². The zero-order valence-electron chi connectivity index (χ0n) is 10.6. The Morgan fingerprint density at radius 3 is 2.53 bits per heavy atom. The van der Waals surface area contributed by atoms with E-state index in [4.69, 9.17) is 5.11 Å². The normalized spacial score (nSPS) is 16.3. The Morgan fingerprint density at radius 2 is 1.95 bits per heavy atom. The quantitative estimate of drug-likeness (QED) is 0.583. The standard InChI is InChI=1S/C14H17FO2S2/c15-11-1-3-12(4-2-11)19-8-7-18-10-14(5-6-14)9-13(16)17/h1-4H,5-10H2,(H,16,17). The smallest absolute Gasteiger partial charge is 0.303 e. The van der Waals surface area contributed by atoms with E-state index >= 15 is 0 Å². The van der Waals surface area contributed by atoms with E-state index in [2.05, 4.69) is 0 Å². The Kier molecular flexibility index (Phi) is 5.16. The van der Waals surface area contributed by atoms with Gasteiger partial charge in [0, 0.05) is 16.4 Å². The highest BCUT2D eigenvalue weighted by Gasteiger charge is 2.43. The second-order valence-corrected chi connectivity index (χ2v) is 7.20. The lowest BCUT2D eigenvalue weighted by Crippen LogP contribution is -2.11. The molecule has 1 aromatic carbocycles. The van der Waals surface area contributed by atoms with E-state index in [1.54, 1.807) is 23.9 Å². The summed E-state index contributed by atoms with van der Waals surface area (Å²) in [5.74, 6) is 2.04. The van der Waals surface area contributed by atoms with Crippen LogP contribution in [-0.4, -0.2) is 28.3 Å². The molecule has 104 valence electrons. The van der Waals surface area contributed by atoms with Crippen LogP contribution in [0, 0.1) is 11.2 Å². The van der Waals surface area contributed by atoms with Gasteiger partial charge in [0.1, 0.15) is 5.82 Å². The number of benzene rings is 1. The molecule has 0 unspecified atom stereocenters. The topological polar surface area (TPSA) is 37.3 Å². The van der Waals surface area contributed by atoms with Gasteiger partial charge in [-0.1, -0.05) is 0 Å². The van der Waals surface area contributed by atoms with Crippen molar-refractivity contribution in [3.05, 3.63) is 30.1 Å². The summed E-state index contributed by atoms with van der Waals surface area (Å²) in [5, 5.41) is 8.82. The summed E-state index contributed by atoms with van der Waals surface area (Å²) < 4.78 is 12.7. The van der Waals surface area contributed by atoms with Gasteiger partial charge in [-0.25, -0.2) is 4.39 Å². The lowest BCUT2D eigenvalue weighted by atomic mass is 10.1. The molecule has 1 N–H and O–H groups in total. The van der Waals surface area contributed by atoms with Gasteiger partial charge in [0.05, 0.1) is 6.42 Å². The fourth-order valence-corrected chi connectivity index (χ4v) is 4.24. The van der Waals surface area contributed by atoms with Crippen LogP contribution in [0.25, 0.3) is 0 Å². The van der Waals surface area contributed by atoms with Gasteiger partial charge in [-0.15, -0.1) is 11.8 Å². The average molecular weight is 300 g/mol. The van der Waals surface area contributed by atoms with Gasteiger partial charge in [0.25, 0.3) is 0 Å². The predicted molar refractivity (Wildman–Crippen MR) is 78.4 cm³/mol. The number of thioether (sulfide) groups is 2. The molecule has 19 heavy (non-hydrogen) atoms. The van der Waals surface area contributed by atoms with Gasteiger partial charge in [-0.05, 0) is 48.3 Å². The average Bonchev–Trinajstić information content (AvgIpc) is 3.10. The van der Waals surface area contributed by atoms with E-state index in [1.807, 2.05) is 11.8 Å². The van der Waals surface area contributed by atoms with Crippen molar-refractivity contribution in [2.45, 2.75) is 24.2 Å². The summed E-state index contributed by atoms with van der Waals surface area (Å²) in [4.78, 5) is 11.8. The third kappa shape index (κ3) is 5.07. The van der Waals surface area contributed by atoms with Crippen molar-refractivity contribution in [3.63, 3.8) is 0 Å². The number of carbonyl (C=O) groups is 1. The first-order chi connectivity index (χ1) is 9.10. The van der Waals surface area contributed by atoms with Crippen LogP contribution in [0.5, 0.6) is 0 Å². The Labute approximate surface area is 121 Å². The van der Waals surface area contributed by atoms with E-state index < -0.39 is 5.97 Å². The Balaban J connectivity index is 1.60. The SMILES string of the molecule is O=C(O)CC1(CSCCSc2ccc(F)cc2)CC1. The zero-order valence-corrected chi connectivity index (χ0v) is 12.2. The minimum Gasteiger partial charge on any atom is -0.481 e. The number of hydrogen-bond acceptors (Lipinski definition) is 3. The highest BCUT2D eigenvalue weighted by atomic mass is 32.2. The lowest BCUT2D eigenvalue weighted by molar-refractivity contribution is -0.138. The summed E-state index contributed by atoms with van der Waals surface area (Å²) in [5.41, 5.74) is 0.0804. The van der Waals surface area contributed by atoms with Gasteiger partial charge in [-0.3, -0.25) is 4.79 Å². The number of hydrogen-bond donors (Lipinski definition) is 1. The first-order valence-electron chi connectivity index (χ1n) is 6.28. The molecule has 0 amide bonds. The summed E-state index contributed by atoms with van der Waals surface area (Å²) in [7, 11) is 0. The molecule has 0 aliphatic heterocycles. The van der Waals surface area contributed by atoms with Crippen LogP contribution in [0.3, 0.4) is 0 Å². The third-order valence-corrected chi connectivity index (χ3v) is 5.78. The zero-order chi connectivity index (χ0) is 13.7. The molecule has 1 fully saturated rings. The molecule has 0 bridgehead atoms. The van der Waals surface area contributed by atoms with E-state index in [0.29, 0.717) is 6.42 Å². The highest BCUT2D eigenvalue weighted by Crippen LogP contribution is 2.51. The fourth-order valence-electron chi connectivity index (χ4n) is 1.91. The Bertz CT molecular complexity index is 430. The number of rotatable bonds is 8. The third-order valence-electron chi connectivity index (χ3n) is 3.20. The summed E-state index contributed by atoms with van der Waals surface area (Å²) >= 11 is 3.54. The van der Waals surface area contributed by atoms with E-state index in [9.17, 15) is 9.18 Å². The molecule has 0 spiro atoms. The number of aliphatic carboxylic acids is 1. The van der Waals surface area contributed by atoms with Crippen molar-refractivity contribution in [2.75, 3.05) is 17.3 Å².